The largest absolute Gasteiger partial charge is 0.494 e. The summed E-state index contributed by atoms with van der Waals surface area (Å²) in [5.41, 5.74) is 2.58. The molecule has 8 nitrogen and oxygen atoms in total. The van der Waals surface area contributed by atoms with Crippen molar-refractivity contribution in [2.45, 2.75) is 54.4 Å². The molecule has 0 aliphatic carbocycles. The fourth-order valence-electron chi connectivity index (χ4n) is 5.19. The summed E-state index contributed by atoms with van der Waals surface area (Å²) in [6.07, 6.45) is 1.53. The van der Waals surface area contributed by atoms with Crippen molar-refractivity contribution in [1.82, 2.24) is 9.80 Å². The van der Waals surface area contributed by atoms with E-state index in [2.05, 4.69) is 37.5 Å². The second-order valence-corrected chi connectivity index (χ2v) is 12.9. The number of carbonyl (C=O) groups excluding carboxylic acids is 2. The summed E-state index contributed by atoms with van der Waals surface area (Å²) in [5, 5.41) is 1.21. The van der Waals surface area contributed by atoms with E-state index in [4.69, 9.17) is 32.7 Å². The predicted molar refractivity (Wildman–Crippen MR) is 177 cm³/mol. The fourth-order valence-corrected chi connectivity index (χ4v) is 5.61. The molecule has 1 aliphatic rings. The second-order valence-electron chi connectivity index (χ2n) is 12.1. The molecule has 238 valence electrons. The van der Waals surface area contributed by atoms with Crippen LogP contribution in [0.4, 0.5) is 16.2 Å². The number of carbonyl (C=O) groups is 2. The second kappa shape index (κ2) is 17.0. The van der Waals surface area contributed by atoms with Gasteiger partial charge in [0.05, 0.1) is 28.0 Å². The van der Waals surface area contributed by atoms with E-state index in [-0.39, 0.29) is 12.6 Å². The molecule has 0 unspecified atom stereocenters. The molecule has 2 amide bonds. The standard InChI is InChI=1S/C33H48Cl2N4O4/c1-24(2)21-38(22-25(3)4)33(41)43-23-39(27(6)40)31-20-28(13-12-26(31)5)42-19-8-7-14-36-15-17-37(18-16-36)30-11-9-10-29(34)32(30)35/h9-13,20,24-25H,7-8,14-19,21-23H2,1-6H3. The smallest absolute Gasteiger partial charge is 0.411 e. The highest BCUT2D eigenvalue weighted by Crippen LogP contribution is 2.33. The molecule has 1 saturated heterocycles. The number of rotatable bonds is 14. The van der Waals surface area contributed by atoms with Crippen molar-refractivity contribution in [1.29, 1.82) is 0 Å². The van der Waals surface area contributed by atoms with Gasteiger partial charge in [-0.2, -0.15) is 0 Å². The minimum atomic E-state index is -0.409. The topological polar surface area (TPSA) is 65.6 Å². The quantitative estimate of drug-likeness (QED) is 0.160. The van der Waals surface area contributed by atoms with E-state index in [0.717, 1.165) is 56.8 Å². The van der Waals surface area contributed by atoms with E-state index in [1.807, 2.05) is 43.3 Å². The van der Waals surface area contributed by atoms with Crippen LogP contribution < -0.4 is 14.5 Å². The zero-order valence-corrected chi connectivity index (χ0v) is 28.1. The van der Waals surface area contributed by atoms with Gasteiger partial charge in [-0.05, 0) is 61.9 Å². The average Bonchev–Trinajstić information content (AvgIpc) is 2.95. The lowest BCUT2D eigenvalue weighted by molar-refractivity contribution is -0.117. The number of piperazine rings is 1. The van der Waals surface area contributed by atoms with Crippen LogP contribution >= 0.6 is 23.2 Å². The Hall–Kier alpha value is -2.68. The van der Waals surface area contributed by atoms with Crippen LogP contribution in [0.1, 0.15) is 53.0 Å². The van der Waals surface area contributed by atoms with Gasteiger partial charge in [-0.15, -0.1) is 0 Å². The first kappa shape index (κ1) is 34.8. The molecule has 2 aromatic rings. The van der Waals surface area contributed by atoms with Crippen molar-refractivity contribution < 1.29 is 19.1 Å². The molecule has 1 heterocycles. The average molecular weight is 636 g/mol. The Kier molecular flexibility index (Phi) is 13.7. The molecule has 43 heavy (non-hydrogen) atoms. The highest BCUT2D eigenvalue weighted by molar-refractivity contribution is 6.43. The van der Waals surface area contributed by atoms with E-state index < -0.39 is 6.09 Å². The molecule has 0 saturated carbocycles. The SMILES string of the molecule is CC(=O)N(COC(=O)N(CC(C)C)CC(C)C)c1cc(OCCCCN2CCN(c3cccc(Cl)c3Cl)CC2)ccc1C. The maximum Gasteiger partial charge on any atom is 0.411 e. The number of benzene rings is 2. The zero-order valence-electron chi connectivity index (χ0n) is 26.6. The third kappa shape index (κ3) is 10.8. The van der Waals surface area contributed by atoms with Crippen LogP contribution in [-0.2, 0) is 9.53 Å². The molecule has 0 bridgehead atoms. The van der Waals surface area contributed by atoms with Gasteiger partial charge >= 0.3 is 6.09 Å². The Morgan fingerprint density at radius 3 is 2.26 bits per heavy atom. The van der Waals surface area contributed by atoms with Crippen LogP contribution in [0.25, 0.3) is 0 Å². The van der Waals surface area contributed by atoms with Crippen LogP contribution in [0.15, 0.2) is 36.4 Å². The normalized spacial score (nSPS) is 13.9. The zero-order chi connectivity index (χ0) is 31.5. The first-order valence-corrected chi connectivity index (χ1v) is 16.1. The molecular formula is C33H48Cl2N4O4. The minimum absolute atomic E-state index is 0.151. The maximum atomic E-state index is 12.9. The highest BCUT2D eigenvalue weighted by Gasteiger charge is 2.22. The van der Waals surface area contributed by atoms with Gasteiger partial charge < -0.3 is 19.3 Å². The summed E-state index contributed by atoms with van der Waals surface area (Å²) in [6, 6.07) is 11.5. The van der Waals surface area contributed by atoms with Crippen molar-refractivity contribution in [3.63, 3.8) is 0 Å². The molecule has 2 aromatic carbocycles. The van der Waals surface area contributed by atoms with Crippen molar-refractivity contribution in [3.8, 4) is 5.75 Å². The molecule has 1 fully saturated rings. The predicted octanol–water partition coefficient (Wildman–Crippen LogP) is 7.34. The molecule has 0 radical (unpaired) electrons. The molecule has 1 aliphatic heterocycles. The fraction of sp³-hybridized carbons (Fsp3) is 0.576. The number of hydrogen-bond acceptors (Lipinski definition) is 6. The van der Waals surface area contributed by atoms with Gasteiger partial charge in [-0.25, -0.2) is 4.79 Å². The Morgan fingerprint density at radius 1 is 0.953 bits per heavy atom. The Bertz CT molecular complexity index is 1190. The molecule has 0 spiro atoms. The van der Waals surface area contributed by atoms with E-state index in [9.17, 15) is 9.59 Å². The number of nitrogens with zero attached hydrogens (tertiary/aromatic N) is 4. The third-order valence-corrected chi connectivity index (χ3v) is 8.19. The highest BCUT2D eigenvalue weighted by atomic mass is 35.5. The summed E-state index contributed by atoms with van der Waals surface area (Å²) >= 11 is 12.6. The van der Waals surface area contributed by atoms with Crippen LogP contribution in [-0.4, -0.2) is 81.0 Å². The van der Waals surface area contributed by atoms with Gasteiger partial charge in [0, 0.05) is 52.3 Å². The molecule has 10 heteroatoms. The first-order valence-electron chi connectivity index (χ1n) is 15.3. The number of hydrogen-bond donors (Lipinski definition) is 0. The van der Waals surface area contributed by atoms with Crippen molar-refractivity contribution in [3.05, 3.63) is 52.0 Å². The lowest BCUT2D eigenvalue weighted by atomic mass is 10.1. The third-order valence-electron chi connectivity index (χ3n) is 7.38. The van der Waals surface area contributed by atoms with Crippen LogP contribution in [0, 0.1) is 18.8 Å². The number of amides is 2. The Morgan fingerprint density at radius 2 is 1.63 bits per heavy atom. The molecule has 3 rings (SSSR count). The van der Waals surface area contributed by atoms with E-state index in [0.29, 0.717) is 53.0 Å². The maximum absolute atomic E-state index is 12.9. The Balaban J connectivity index is 1.46. The summed E-state index contributed by atoms with van der Waals surface area (Å²) in [5.74, 6) is 1.11. The van der Waals surface area contributed by atoms with Crippen LogP contribution in [0.2, 0.25) is 10.0 Å². The molecule has 0 N–H and O–H groups in total. The summed E-state index contributed by atoms with van der Waals surface area (Å²) in [7, 11) is 0. The number of unbranched alkanes of at least 4 members (excludes halogenated alkanes) is 1. The van der Waals surface area contributed by atoms with Crippen molar-refractivity contribution in [2.75, 3.05) is 69.0 Å². The van der Waals surface area contributed by atoms with E-state index >= 15 is 0 Å². The van der Waals surface area contributed by atoms with Crippen molar-refractivity contribution in [2.24, 2.45) is 11.8 Å². The van der Waals surface area contributed by atoms with Crippen LogP contribution in [0.5, 0.6) is 5.75 Å². The lowest BCUT2D eigenvalue weighted by Gasteiger charge is -2.36. The number of anilines is 2. The molecular weight excluding hydrogens is 587 g/mol. The van der Waals surface area contributed by atoms with Gasteiger partial charge in [0.1, 0.15) is 5.75 Å². The Labute approximate surface area is 267 Å². The van der Waals surface area contributed by atoms with Gasteiger partial charge in [-0.3, -0.25) is 14.6 Å². The lowest BCUT2D eigenvalue weighted by Crippen LogP contribution is -2.46. The van der Waals surface area contributed by atoms with Crippen molar-refractivity contribution >= 4 is 46.6 Å². The summed E-state index contributed by atoms with van der Waals surface area (Å²) < 4.78 is 11.7. The summed E-state index contributed by atoms with van der Waals surface area (Å²) in [6.45, 7) is 18.1. The first-order chi connectivity index (χ1) is 20.5. The number of ether oxygens (including phenoxy) is 2. The molecule has 0 aromatic heterocycles. The van der Waals surface area contributed by atoms with Gasteiger partial charge in [0.2, 0.25) is 5.91 Å². The van der Waals surface area contributed by atoms with Gasteiger partial charge in [0.25, 0.3) is 0 Å². The van der Waals surface area contributed by atoms with Gasteiger partial charge in [0.15, 0.2) is 6.73 Å². The molecule has 0 atom stereocenters. The number of halogens is 2. The monoisotopic (exact) mass is 634 g/mol. The van der Waals surface area contributed by atoms with Gasteiger partial charge in [-0.1, -0.05) is 63.0 Å². The van der Waals surface area contributed by atoms with E-state index in [1.54, 1.807) is 4.90 Å². The van der Waals surface area contributed by atoms with Crippen LogP contribution in [0.3, 0.4) is 0 Å². The number of aryl methyl sites for hydroxylation is 1. The summed E-state index contributed by atoms with van der Waals surface area (Å²) in [4.78, 5) is 33.4. The van der Waals surface area contributed by atoms with E-state index in [1.165, 1.54) is 11.8 Å². The minimum Gasteiger partial charge on any atom is -0.494 e.